The van der Waals surface area contributed by atoms with Gasteiger partial charge in [-0.25, -0.2) is 4.79 Å². The van der Waals surface area contributed by atoms with E-state index in [9.17, 15) is 4.79 Å². The van der Waals surface area contributed by atoms with Crippen molar-refractivity contribution in [3.05, 3.63) is 29.8 Å². The quantitative estimate of drug-likeness (QED) is 0.560. The summed E-state index contributed by atoms with van der Waals surface area (Å²) >= 11 is 0. The molecule has 2 rings (SSSR count). The first-order valence-electron chi connectivity index (χ1n) is 5.50. The van der Waals surface area contributed by atoms with Crippen LogP contribution in [-0.4, -0.2) is 22.8 Å². The van der Waals surface area contributed by atoms with Gasteiger partial charge in [-0.3, -0.25) is 5.10 Å². The van der Waals surface area contributed by atoms with E-state index in [4.69, 9.17) is 16.2 Å². The SMILES string of the molecule is CCOC(=O)c1c(N)n[nH]c1-c1ccc(N)cc1. The Morgan fingerprint density at radius 3 is 2.61 bits per heavy atom. The highest BCUT2D eigenvalue weighted by Gasteiger charge is 2.20. The number of hydrogen-bond acceptors (Lipinski definition) is 5. The molecule has 0 bridgehead atoms. The third-order valence-corrected chi connectivity index (χ3v) is 2.47. The van der Waals surface area contributed by atoms with Gasteiger partial charge in [0.25, 0.3) is 0 Å². The predicted octanol–water partition coefficient (Wildman–Crippen LogP) is 1.42. The van der Waals surface area contributed by atoms with Gasteiger partial charge in [-0.05, 0) is 19.1 Å². The van der Waals surface area contributed by atoms with Crippen molar-refractivity contribution in [1.82, 2.24) is 10.2 Å². The monoisotopic (exact) mass is 246 g/mol. The maximum Gasteiger partial charge on any atom is 0.344 e. The van der Waals surface area contributed by atoms with E-state index in [2.05, 4.69) is 10.2 Å². The molecule has 5 N–H and O–H groups in total. The van der Waals surface area contributed by atoms with Crippen molar-refractivity contribution in [2.75, 3.05) is 18.1 Å². The van der Waals surface area contributed by atoms with Crippen LogP contribution in [0.1, 0.15) is 17.3 Å². The first-order chi connectivity index (χ1) is 8.63. The Labute approximate surface area is 104 Å². The maximum absolute atomic E-state index is 11.8. The Balaban J connectivity index is 2.45. The lowest BCUT2D eigenvalue weighted by molar-refractivity contribution is 0.0528. The van der Waals surface area contributed by atoms with Gasteiger partial charge in [-0.1, -0.05) is 12.1 Å². The zero-order valence-corrected chi connectivity index (χ0v) is 9.93. The second-order valence-corrected chi connectivity index (χ2v) is 3.70. The number of esters is 1. The van der Waals surface area contributed by atoms with Crippen molar-refractivity contribution in [2.45, 2.75) is 6.92 Å². The van der Waals surface area contributed by atoms with Crippen molar-refractivity contribution >= 4 is 17.5 Å². The number of aromatic amines is 1. The molecule has 6 heteroatoms. The van der Waals surface area contributed by atoms with E-state index in [-0.39, 0.29) is 18.0 Å². The van der Waals surface area contributed by atoms with Crippen molar-refractivity contribution < 1.29 is 9.53 Å². The Kier molecular flexibility index (Phi) is 3.18. The fourth-order valence-corrected chi connectivity index (χ4v) is 1.62. The molecular formula is C12H14N4O2. The molecule has 0 unspecified atom stereocenters. The van der Waals surface area contributed by atoms with Crippen LogP contribution in [0.2, 0.25) is 0 Å². The van der Waals surface area contributed by atoms with E-state index < -0.39 is 5.97 Å². The van der Waals surface area contributed by atoms with Crippen LogP contribution in [-0.2, 0) is 4.74 Å². The zero-order valence-electron chi connectivity index (χ0n) is 9.93. The van der Waals surface area contributed by atoms with Crippen LogP contribution in [0.4, 0.5) is 11.5 Å². The van der Waals surface area contributed by atoms with Crippen molar-refractivity contribution in [3.63, 3.8) is 0 Å². The molecule has 0 saturated carbocycles. The lowest BCUT2D eigenvalue weighted by Gasteiger charge is -2.04. The summed E-state index contributed by atoms with van der Waals surface area (Å²) in [7, 11) is 0. The second-order valence-electron chi connectivity index (χ2n) is 3.70. The molecule has 18 heavy (non-hydrogen) atoms. The number of benzene rings is 1. The number of nitrogens with one attached hydrogen (secondary N) is 1. The van der Waals surface area contributed by atoms with E-state index in [1.54, 1.807) is 31.2 Å². The van der Waals surface area contributed by atoms with Gasteiger partial charge < -0.3 is 16.2 Å². The minimum atomic E-state index is -0.490. The summed E-state index contributed by atoms with van der Waals surface area (Å²) in [6.07, 6.45) is 0. The van der Waals surface area contributed by atoms with Gasteiger partial charge in [0, 0.05) is 11.3 Å². The molecule has 0 spiro atoms. The molecule has 1 heterocycles. The van der Waals surface area contributed by atoms with Gasteiger partial charge in [0.15, 0.2) is 5.82 Å². The number of ether oxygens (including phenoxy) is 1. The molecule has 0 aliphatic rings. The lowest BCUT2D eigenvalue weighted by atomic mass is 10.1. The summed E-state index contributed by atoms with van der Waals surface area (Å²) in [5.74, 6) is -0.365. The summed E-state index contributed by atoms with van der Waals surface area (Å²) in [5.41, 5.74) is 13.5. The first-order valence-corrected chi connectivity index (χ1v) is 5.50. The van der Waals surface area contributed by atoms with Crippen LogP contribution in [0.15, 0.2) is 24.3 Å². The van der Waals surface area contributed by atoms with Gasteiger partial charge in [-0.15, -0.1) is 0 Å². The second kappa shape index (κ2) is 4.79. The number of anilines is 2. The number of carbonyl (C=O) groups is 1. The predicted molar refractivity (Wildman–Crippen MR) is 68.8 cm³/mol. The number of nitrogens with zero attached hydrogens (tertiary/aromatic N) is 1. The zero-order chi connectivity index (χ0) is 13.1. The summed E-state index contributed by atoms with van der Waals surface area (Å²) < 4.78 is 4.95. The van der Waals surface area contributed by atoms with Crippen LogP contribution in [0, 0.1) is 0 Å². The van der Waals surface area contributed by atoms with Crippen LogP contribution in [0.5, 0.6) is 0 Å². The largest absolute Gasteiger partial charge is 0.462 e. The number of nitrogens with two attached hydrogens (primary N) is 2. The third kappa shape index (κ3) is 2.13. The number of carbonyl (C=O) groups excluding carboxylic acids is 1. The highest BCUT2D eigenvalue weighted by Crippen LogP contribution is 2.26. The summed E-state index contributed by atoms with van der Waals surface area (Å²) in [6, 6.07) is 7.04. The Morgan fingerprint density at radius 1 is 1.33 bits per heavy atom. The highest BCUT2D eigenvalue weighted by atomic mass is 16.5. The van der Waals surface area contributed by atoms with Gasteiger partial charge >= 0.3 is 5.97 Å². The molecule has 0 saturated heterocycles. The average molecular weight is 246 g/mol. The van der Waals surface area contributed by atoms with Crippen LogP contribution in [0.25, 0.3) is 11.3 Å². The molecule has 1 aromatic heterocycles. The smallest absolute Gasteiger partial charge is 0.344 e. The van der Waals surface area contributed by atoms with Gasteiger partial charge in [0.1, 0.15) is 5.56 Å². The summed E-state index contributed by atoms with van der Waals surface area (Å²) in [4.78, 5) is 11.8. The molecule has 0 aliphatic heterocycles. The minimum absolute atomic E-state index is 0.125. The number of hydrogen-bond donors (Lipinski definition) is 3. The van der Waals surface area contributed by atoms with E-state index in [1.807, 2.05) is 0 Å². The molecule has 0 radical (unpaired) electrons. The lowest BCUT2D eigenvalue weighted by Crippen LogP contribution is -2.07. The van der Waals surface area contributed by atoms with Gasteiger partial charge in [-0.2, -0.15) is 5.10 Å². The van der Waals surface area contributed by atoms with Crippen LogP contribution in [0.3, 0.4) is 0 Å². The number of H-pyrrole nitrogens is 1. The Hall–Kier alpha value is -2.50. The van der Waals surface area contributed by atoms with Crippen molar-refractivity contribution in [3.8, 4) is 11.3 Å². The van der Waals surface area contributed by atoms with Gasteiger partial charge in [0.05, 0.1) is 12.3 Å². The fraction of sp³-hybridized carbons (Fsp3) is 0.167. The van der Waals surface area contributed by atoms with Gasteiger partial charge in [0.2, 0.25) is 0 Å². The molecule has 0 amide bonds. The highest BCUT2D eigenvalue weighted by molar-refractivity contribution is 6.00. The molecule has 2 aromatic rings. The van der Waals surface area contributed by atoms with E-state index in [0.29, 0.717) is 11.4 Å². The molecule has 1 aromatic carbocycles. The normalized spacial score (nSPS) is 10.3. The Bertz CT molecular complexity index is 560. The fourth-order valence-electron chi connectivity index (χ4n) is 1.62. The number of rotatable bonds is 3. The van der Waals surface area contributed by atoms with E-state index >= 15 is 0 Å². The molecule has 94 valence electrons. The maximum atomic E-state index is 11.8. The standard InChI is InChI=1S/C12H14N4O2/c1-2-18-12(17)9-10(15-16-11(9)14)7-3-5-8(13)6-4-7/h3-6H,2,13H2,1H3,(H3,14,15,16). The van der Waals surface area contributed by atoms with Crippen LogP contribution >= 0.6 is 0 Å². The van der Waals surface area contributed by atoms with Crippen LogP contribution < -0.4 is 11.5 Å². The molecular weight excluding hydrogens is 232 g/mol. The number of aromatic nitrogens is 2. The summed E-state index contributed by atoms with van der Waals surface area (Å²) in [5, 5.41) is 6.57. The molecule has 6 nitrogen and oxygen atoms in total. The molecule has 0 aliphatic carbocycles. The van der Waals surface area contributed by atoms with E-state index in [1.165, 1.54) is 0 Å². The topological polar surface area (TPSA) is 107 Å². The van der Waals surface area contributed by atoms with E-state index in [0.717, 1.165) is 5.56 Å². The van der Waals surface area contributed by atoms with Crippen molar-refractivity contribution in [1.29, 1.82) is 0 Å². The summed E-state index contributed by atoms with van der Waals surface area (Å²) in [6.45, 7) is 2.02. The number of nitrogen functional groups attached to an aromatic ring is 2. The molecule has 0 fully saturated rings. The molecule has 0 atom stereocenters. The third-order valence-electron chi connectivity index (χ3n) is 2.47. The average Bonchev–Trinajstić information content (AvgIpc) is 2.72. The van der Waals surface area contributed by atoms with Crippen molar-refractivity contribution in [2.24, 2.45) is 0 Å². The minimum Gasteiger partial charge on any atom is -0.462 e. The first kappa shape index (κ1) is 12.0. The Morgan fingerprint density at radius 2 is 2.00 bits per heavy atom.